The normalized spacial score (nSPS) is 10.6. The predicted octanol–water partition coefficient (Wildman–Crippen LogP) is -1.40. The maximum atomic E-state index is 10.4. The van der Waals surface area contributed by atoms with Crippen molar-refractivity contribution in [1.82, 2.24) is 0 Å². The van der Waals surface area contributed by atoms with E-state index in [4.69, 9.17) is 0 Å². The summed E-state index contributed by atoms with van der Waals surface area (Å²) in [4.78, 5) is 20.6. The first kappa shape index (κ1) is 11.8. The Labute approximate surface area is 74.4 Å². The Morgan fingerprint density at radius 2 is 1.85 bits per heavy atom. The van der Waals surface area contributed by atoms with E-state index >= 15 is 0 Å². The van der Waals surface area contributed by atoms with Crippen LogP contribution in [0.15, 0.2) is 0 Å². The molecule has 0 aromatic heterocycles. The van der Waals surface area contributed by atoms with Crippen molar-refractivity contribution < 1.29 is 32.0 Å². The quantitative estimate of drug-likeness (QED) is 0.319. The second kappa shape index (κ2) is 4.77. The first-order valence-corrected chi connectivity index (χ1v) is 4.61. The topological polar surface area (TPSA) is 110 Å². The summed E-state index contributed by atoms with van der Waals surface area (Å²) in [6.45, 7) is 0.391. The lowest BCUT2D eigenvalue weighted by Crippen LogP contribution is -2.19. The van der Waals surface area contributed by atoms with Crippen molar-refractivity contribution in [3.8, 4) is 0 Å². The molecular weight excluding hydrogens is 204 g/mol. The molecule has 0 rings (SSSR count). The fourth-order valence-corrected chi connectivity index (χ4v) is 0.736. The van der Waals surface area contributed by atoms with Crippen LogP contribution in [0.3, 0.4) is 0 Å². The zero-order valence-corrected chi connectivity index (χ0v) is 7.50. The maximum Gasteiger partial charge on any atom is 0.322 e. The average molecular weight is 211 g/mol. The van der Waals surface area contributed by atoms with Crippen molar-refractivity contribution in [1.29, 1.82) is 0 Å². The van der Waals surface area contributed by atoms with Gasteiger partial charge in [0.1, 0.15) is 15.9 Å². The molecule has 0 aliphatic carbocycles. The number of carbonyl (C=O) groups is 2. The van der Waals surface area contributed by atoms with Gasteiger partial charge in [0.25, 0.3) is 0 Å². The molecule has 0 heterocycles. The van der Waals surface area contributed by atoms with Crippen LogP contribution >= 0.6 is 0 Å². The summed E-state index contributed by atoms with van der Waals surface area (Å²) in [5.41, 5.74) is 0. The maximum absolute atomic E-state index is 10.4. The van der Waals surface area contributed by atoms with Gasteiger partial charge in [-0.05, 0) is 0 Å². The Hall–Kier alpha value is -1.15. The van der Waals surface area contributed by atoms with Gasteiger partial charge in [-0.3, -0.25) is 9.59 Å². The van der Waals surface area contributed by atoms with E-state index in [2.05, 4.69) is 9.47 Å². The third kappa shape index (κ3) is 8.76. The number of rotatable bonds is 4. The molecule has 7 nitrogen and oxygen atoms in total. The summed E-state index contributed by atoms with van der Waals surface area (Å²) in [6.07, 6.45) is 0. The van der Waals surface area contributed by atoms with E-state index in [1.54, 1.807) is 0 Å². The molecule has 0 aliphatic rings. The Morgan fingerprint density at radius 3 is 2.23 bits per heavy atom. The van der Waals surface area contributed by atoms with Gasteiger partial charge in [-0.25, -0.2) is 8.42 Å². The van der Waals surface area contributed by atoms with Crippen LogP contribution in [0.2, 0.25) is 0 Å². The van der Waals surface area contributed by atoms with Crippen LogP contribution in [0.5, 0.6) is 0 Å². The molecular formula is C5H7O7S-. The molecule has 13 heavy (non-hydrogen) atoms. The number of hydrogen-bond donors (Lipinski definition) is 0. The van der Waals surface area contributed by atoms with Gasteiger partial charge in [0.05, 0.1) is 0 Å². The Bertz CT molecular complexity index is 290. The highest BCUT2D eigenvalue weighted by atomic mass is 32.2. The molecule has 0 saturated heterocycles. The molecule has 0 N–H and O–H groups in total. The van der Waals surface area contributed by atoms with Gasteiger partial charge < -0.3 is 14.0 Å². The Balaban J connectivity index is 3.71. The monoisotopic (exact) mass is 211 g/mol. The third-order valence-electron chi connectivity index (χ3n) is 0.777. The number of carbonyl (C=O) groups excluding carboxylic acids is 2. The van der Waals surface area contributed by atoms with E-state index in [9.17, 15) is 22.6 Å². The summed E-state index contributed by atoms with van der Waals surface area (Å²) >= 11 is 0. The molecule has 0 aromatic carbocycles. The minimum absolute atomic E-state index is 0.683. The molecule has 0 aromatic rings. The minimum atomic E-state index is -4.64. The highest BCUT2D eigenvalue weighted by Crippen LogP contribution is 1.87. The van der Waals surface area contributed by atoms with Crippen LogP contribution in [0.1, 0.15) is 6.92 Å². The number of hydrogen-bond acceptors (Lipinski definition) is 7. The summed E-state index contributed by atoms with van der Waals surface area (Å²) in [6, 6.07) is 0. The van der Waals surface area contributed by atoms with E-state index in [0.29, 0.717) is 0 Å². The minimum Gasteiger partial charge on any atom is -0.748 e. The van der Waals surface area contributed by atoms with Crippen molar-refractivity contribution in [3.63, 3.8) is 0 Å². The smallest absolute Gasteiger partial charge is 0.322 e. The fraction of sp³-hybridized carbons (Fsp3) is 0.600. The first-order chi connectivity index (χ1) is 5.81. The molecule has 0 spiro atoms. The molecule has 8 heteroatoms. The van der Waals surface area contributed by atoms with Gasteiger partial charge in [-0.2, -0.15) is 0 Å². The van der Waals surface area contributed by atoms with Crippen LogP contribution in [-0.2, 0) is 29.2 Å². The van der Waals surface area contributed by atoms with Gasteiger partial charge in [0.2, 0.25) is 6.79 Å². The standard InChI is InChI=1S/C5H8O7S/c1-4(6)11-3-12-5(7)2-13(8,9)10/h2-3H2,1H3,(H,8,9,10)/p-1. The molecule has 0 radical (unpaired) electrons. The highest BCUT2D eigenvalue weighted by molar-refractivity contribution is 7.86. The van der Waals surface area contributed by atoms with E-state index in [0.717, 1.165) is 6.92 Å². The summed E-state index contributed by atoms with van der Waals surface area (Å²) in [5, 5.41) is 0. The van der Waals surface area contributed by atoms with Crippen LogP contribution in [0.4, 0.5) is 0 Å². The highest BCUT2D eigenvalue weighted by Gasteiger charge is 2.07. The molecule has 76 valence electrons. The molecule has 0 saturated carbocycles. The van der Waals surface area contributed by atoms with Gasteiger partial charge >= 0.3 is 11.9 Å². The predicted molar refractivity (Wildman–Crippen MR) is 37.3 cm³/mol. The van der Waals surface area contributed by atoms with E-state index in [1.807, 2.05) is 0 Å². The van der Waals surface area contributed by atoms with Crippen LogP contribution in [-0.4, -0.2) is 37.5 Å². The van der Waals surface area contributed by atoms with Crippen LogP contribution in [0, 0.1) is 0 Å². The molecule has 0 unspecified atom stereocenters. The molecule has 0 amide bonds. The van der Waals surface area contributed by atoms with E-state index < -0.39 is 34.6 Å². The largest absolute Gasteiger partial charge is 0.748 e. The van der Waals surface area contributed by atoms with Gasteiger partial charge in [-0.1, -0.05) is 0 Å². The van der Waals surface area contributed by atoms with Gasteiger partial charge in [0.15, 0.2) is 0 Å². The van der Waals surface area contributed by atoms with E-state index in [1.165, 1.54) is 0 Å². The lowest BCUT2D eigenvalue weighted by Gasteiger charge is -2.06. The van der Waals surface area contributed by atoms with Crippen molar-refractivity contribution >= 4 is 22.1 Å². The zero-order chi connectivity index (χ0) is 10.5. The zero-order valence-electron chi connectivity index (χ0n) is 6.68. The average Bonchev–Trinajstić information content (AvgIpc) is 1.81. The third-order valence-corrected chi connectivity index (χ3v) is 1.37. The van der Waals surface area contributed by atoms with Crippen molar-refractivity contribution in [3.05, 3.63) is 0 Å². The lowest BCUT2D eigenvalue weighted by atomic mass is 10.8. The number of ether oxygens (including phenoxy) is 2. The van der Waals surface area contributed by atoms with Crippen molar-refractivity contribution in [2.24, 2.45) is 0 Å². The molecule has 0 fully saturated rings. The molecule has 0 aliphatic heterocycles. The lowest BCUT2D eigenvalue weighted by molar-refractivity contribution is -0.163. The van der Waals surface area contributed by atoms with Crippen molar-refractivity contribution in [2.75, 3.05) is 12.5 Å². The second-order valence-electron chi connectivity index (χ2n) is 1.97. The van der Waals surface area contributed by atoms with E-state index in [-0.39, 0.29) is 0 Å². The Kier molecular flexibility index (Phi) is 4.35. The second-order valence-corrected chi connectivity index (χ2v) is 3.38. The SMILES string of the molecule is CC(=O)OCOC(=O)CS(=O)(=O)[O-]. The first-order valence-electron chi connectivity index (χ1n) is 3.04. The molecule has 0 bridgehead atoms. The fourth-order valence-electron chi connectivity index (χ4n) is 0.364. The Morgan fingerprint density at radius 1 is 1.31 bits per heavy atom. The summed E-state index contributed by atoms with van der Waals surface area (Å²) < 4.78 is 38.1. The summed E-state index contributed by atoms with van der Waals surface area (Å²) in [7, 11) is -4.64. The van der Waals surface area contributed by atoms with Gasteiger partial charge in [-0.15, -0.1) is 0 Å². The molecule has 0 atom stereocenters. The van der Waals surface area contributed by atoms with Crippen LogP contribution < -0.4 is 0 Å². The van der Waals surface area contributed by atoms with Crippen LogP contribution in [0.25, 0.3) is 0 Å². The number of esters is 2. The van der Waals surface area contributed by atoms with Crippen molar-refractivity contribution in [2.45, 2.75) is 6.92 Å². The summed E-state index contributed by atoms with van der Waals surface area (Å²) in [5.74, 6) is -3.21. The van der Waals surface area contributed by atoms with Gasteiger partial charge in [0, 0.05) is 6.92 Å².